The normalized spacial score (nSPS) is 33.5. The maximum atomic E-state index is 13.9. The van der Waals surface area contributed by atoms with Gasteiger partial charge in [0.2, 0.25) is 0 Å². The van der Waals surface area contributed by atoms with E-state index in [0.29, 0.717) is 94.2 Å². The number of ether oxygens (including phenoxy) is 10. The van der Waals surface area contributed by atoms with E-state index in [1.165, 1.54) is 38.5 Å². The molecule has 0 heterocycles. The lowest BCUT2D eigenvalue weighted by Gasteiger charge is -2.59. The molecule has 20 aliphatic rings. The van der Waals surface area contributed by atoms with Gasteiger partial charge in [0.05, 0.1) is 104 Å². The number of esters is 10. The standard InChI is InChI=1S/C17H20F6O8S.C17H20F6O7S.C16H20F4O8S.2C16H23FO7S/c18-16(19,20)15(17(21,22)23,32-31-30-27)12(25)28-6-11(24)29-8-13-2-9-1-10(3-13)5-14(26,4-9)7-13;18-16(19,20)15(17(21,22)23,31-30-29-26)13(25)27-7-12(24)28-8-14-4-9-1-10(5-14)3-11(2-9)6-14;17-15(16(18,19)20,29-28-27-24)12(22)25-6-11(21)26-8-13-2-9-1-10(3-13)5-14(23,4-9)7-13;2*1-15(17,25-24-23-20)14(19)21-8-13(18)22-9-16-5-10-2-11(6-16)4-12(3-10)7-16/h9-10,26-27H,1-8H2;9-11,26H,1-8H2;9-10,23-24H,1-8H2;2*10-12,20H,2-9H2,1H3/p-5. The van der Waals surface area contributed by atoms with Crippen molar-refractivity contribution in [2.24, 2.45) is 104 Å². The first-order valence-electron chi connectivity index (χ1n) is 44.7. The average Bonchev–Trinajstić information content (AvgIpc) is 0.713. The van der Waals surface area contributed by atoms with Crippen LogP contribution in [0.5, 0.6) is 0 Å². The molecule has 20 aliphatic carbocycles. The molecule has 0 radical (unpaired) electrons. The fourth-order valence-electron chi connectivity index (χ4n) is 26.7. The molecule has 0 amide bonds. The van der Waals surface area contributed by atoms with Gasteiger partial charge in [0, 0.05) is 27.1 Å². The number of halogens is 18. The zero-order valence-electron chi connectivity index (χ0n) is 75.3. The van der Waals surface area contributed by atoms with Gasteiger partial charge in [0.1, 0.15) is 0 Å². The van der Waals surface area contributed by atoms with Crippen molar-refractivity contribution in [1.82, 2.24) is 0 Å². The van der Waals surface area contributed by atoms with Crippen LogP contribution in [0.15, 0.2) is 0 Å². The van der Waals surface area contributed by atoms with E-state index >= 15 is 0 Å². The molecule has 7 atom stereocenters. The van der Waals surface area contributed by atoms with E-state index in [9.17, 15) is 163 Å². The zero-order valence-corrected chi connectivity index (χ0v) is 79.4. The molecule has 20 saturated carbocycles. The van der Waals surface area contributed by atoms with Crippen LogP contribution in [0.2, 0.25) is 0 Å². The number of hydrogen-bond donors (Lipinski definition) is 2. The van der Waals surface area contributed by atoms with Gasteiger partial charge in [-0.25, -0.2) is 61.1 Å². The minimum Gasteiger partial charge on any atom is -0.691 e. The van der Waals surface area contributed by atoms with Gasteiger partial charge < -0.3 is 83.9 Å². The summed E-state index contributed by atoms with van der Waals surface area (Å²) in [6.45, 7) is -3.57. The first kappa shape index (κ1) is 117. The fourth-order valence-corrected chi connectivity index (χ4v) is 28.5. The number of rotatable bonds is 40. The highest BCUT2D eigenvalue weighted by Gasteiger charge is 2.81. The molecule has 2 N–H and O–H groups in total. The summed E-state index contributed by atoms with van der Waals surface area (Å²) in [4.78, 5) is 117. The zero-order chi connectivity index (χ0) is 105. The minimum absolute atomic E-state index is 0.0293. The van der Waals surface area contributed by atoms with Crippen molar-refractivity contribution in [1.29, 1.82) is 0 Å². The summed E-state index contributed by atoms with van der Waals surface area (Å²) in [5.41, 5.74) is -2.71. The Labute approximate surface area is 817 Å². The number of aliphatic hydroxyl groups is 2. The quantitative estimate of drug-likeness (QED) is 0.0144. The molecule has 0 aliphatic heterocycles. The molecule has 20 bridgehead atoms. The SMILES string of the molecule is CC(F)(SOO[O-])C(=O)OCC(=O)OCC12CC3CC(CC(C3)C1)C2.CC(F)(SOO[O-])C(=O)OCC(=O)OCC12CC3CC(CC(C3)C1)C2.O=C(COC(=O)C(F)(SOO[O-])C(F)(F)F)OCC12CC3CC(CC(O)(C3)C1)C2.O=C(COC(=O)C(SOO[O-])(C(F)(F)F)C(F)(F)F)OCC12CC3CC(CC(C3)C1)C2.O=C(COC(=O)C(SOO[O-])(C(F)(F)F)C(F)(F)F)OCC12CC3CC(CC(O)(C3)C1)C2. The van der Waals surface area contributed by atoms with Crippen LogP contribution in [0.1, 0.15) is 206 Å². The van der Waals surface area contributed by atoms with Gasteiger partial charge in [-0.3, -0.25) is 25.2 Å². The van der Waals surface area contributed by atoms with Crippen LogP contribution in [-0.2, 0) is 142 Å². The second-order valence-corrected chi connectivity index (χ2v) is 46.0. The number of hydrogen-bond acceptors (Lipinski definition) is 42. The molecular formula is C82H101F18O37S5-5. The Morgan fingerprint density at radius 1 is 0.254 bits per heavy atom. The molecule has 0 aromatic heterocycles. The Kier molecular flexibility index (Phi) is 37.9. The summed E-state index contributed by atoms with van der Waals surface area (Å²) in [6.07, 6.45) is -2.37. The monoisotopic (exact) mass is 2180 g/mol. The van der Waals surface area contributed by atoms with Gasteiger partial charge >= 0.3 is 105 Å². The van der Waals surface area contributed by atoms with E-state index in [0.717, 1.165) is 152 Å². The molecule has 142 heavy (non-hydrogen) atoms. The Bertz CT molecular complexity index is 4130. The molecule has 0 aromatic rings. The molecule has 0 saturated heterocycles. The first-order chi connectivity index (χ1) is 66.0. The molecule has 37 nitrogen and oxygen atoms in total. The number of carbonyl (C=O) groups excluding carboxylic acids is 10. The second-order valence-electron chi connectivity index (χ2n) is 41.2. The Balaban J connectivity index is 0.000000170. The van der Waals surface area contributed by atoms with Crippen LogP contribution in [0.3, 0.4) is 0 Å². The van der Waals surface area contributed by atoms with E-state index in [1.54, 1.807) is 0 Å². The number of carbonyl (C=O) groups is 10. The third kappa shape index (κ3) is 28.4. The summed E-state index contributed by atoms with van der Waals surface area (Å²) in [5.74, 6) is -8.97. The largest absolute Gasteiger partial charge is 0.691 e. The highest BCUT2D eigenvalue weighted by atomic mass is 32.2. The van der Waals surface area contributed by atoms with Crippen LogP contribution in [-0.4, -0.2) is 203 Å². The lowest BCUT2D eigenvalue weighted by atomic mass is 9.48. The fraction of sp³-hybridized carbons (Fsp3) is 0.878. The smallest absolute Gasteiger partial charge is 0.446 e. The van der Waals surface area contributed by atoms with Gasteiger partial charge in [-0.2, -0.15) is 87.5 Å². The van der Waals surface area contributed by atoms with Crippen molar-refractivity contribution < 1.29 is 258 Å². The van der Waals surface area contributed by atoms with Crippen molar-refractivity contribution in [3.8, 4) is 0 Å². The predicted octanol–water partition coefficient (Wildman–Crippen LogP) is 10.4. The maximum Gasteiger partial charge on any atom is 0.446 e. The predicted molar refractivity (Wildman–Crippen MR) is 423 cm³/mol. The average molecular weight is 2180 g/mol. The lowest BCUT2D eigenvalue weighted by molar-refractivity contribution is -0.777. The lowest BCUT2D eigenvalue weighted by Crippen LogP contribution is -2.60. The van der Waals surface area contributed by atoms with Crippen molar-refractivity contribution >= 4 is 120 Å². The maximum absolute atomic E-state index is 13.9. The summed E-state index contributed by atoms with van der Waals surface area (Å²) >= 11 is -4.78. The minimum atomic E-state index is -6.32. The molecule has 20 fully saturated rings. The van der Waals surface area contributed by atoms with E-state index < -0.39 is 206 Å². The Morgan fingerprint density at radius 3 is 0.655 bits per heavy atom. The first-order valence-corrected chi connectivity index (χ1v) is 48.4. The summed E-state index contributed by atoms with van der Waals surface area (Å²) in [6, 6.07) is 0. The van der Waals surface area contributed by atoms with Gasteiger partial charge in [0.15, 0.2) is 33.0 Å². The molecule has 0 aromatic carbocycles. The van der Waals surface area contributed by atoms with Gasteiger partial charge in [-0.05, 0) is 283 Å². The molecule has 812 valence electrons. The van der Waals surface area contributed by atoms with E-state index in [2.05, 4.69) is 70.5 Å². The third-order valence-corrected chi connectivity index (χ3v) is 33.6. The second kappa shape index (κ2) is 46.1. The third-order valence-electron chi connectivity index (χ3n) is 29.6. The van der Waals surface area contributed by atoms with Crippen molar-refractivity contribution in [3.05, 3.63) is 0 Å². The topological polar surface area (TPSA) is 511 Å². The van der Waals surface area contributed by atoms with Crippen LogP contribution in [0.25, 0.3) is 0 Å². The van der Waals surface area contributed by atoms with Crippen molar-refractivity contribution in [2.75, 3.05) is 66.1 Å². The highest BCUT2D eigenvalue weighted by molar-refractivity contribution is 7.97. The molecular weight excluding hydrogens is 2080 g/mol. The molecule has 60 heteroatoms. The van der Waals surface area contributed by atoms with Crippen molar-refractivity contribution in [3.63, 3.8) is 0 Å². The van der Waals surface area contributed by atoms with E-state index in [1.807, 2.05) is 0 Å². The molecule has 7 unspecified atom stereocenters. The summed E-state index contributed by atoms with van der Waals surface area (Å²) in [7, 11) is 0. The van der Waals surface area contributed by atoms with Crippen molar-refractivity contribution in [2.45, 2.75) is 273 Å². The van der Waals surface area contributed by atoms with E-state index in [4.69, 9.17) is 23.7 Å². The van der Waals surface area contributed by atoms with Crippen LogP contribution < -0.4 is 26.3 Å². The highest BCUT2D eigenvalue weighted by Crippen LogP contribution is 2.67. The summed E-state index contributed by atoms with van der Waals surface area (Å²) < 4.78 is 291. The van der Waals surface area contributed by atoms with Gasteiger partial charge in [-0.15, -0.1) is 0 Å². The van der Waals surface area contributed by atoms with Crippen LogP contribution in [0.4, 0.5) is 79.0 Å². The number of alkyl halides is 18. The van der Waals surface area contributed by atoms with Crippen LogP contribution in [0, 0.1) is 104 Å². The van der Waals surface area contributed by atoms with E-state index in [-0.39, 0.29) is 72.0 Å². The summed E-state index contributed by atoms with van der Waals surface area (Å²) in [5, 5.41) is 73.4. The van der Waals surface area contributed by atoms with Gasteiger partial charge in [0.25, 0.3) is 10.0 Å². The molecule has 0 spiro atoms. The Morgan fingerprint density at radius 2 is 0.444 bits per heavy atom. The molecule has 20 rings (SSSR count). The van der Waals surface area contributed by atoms with Crippen LogP contribution >= 0.6 is 60.2 Å². The Hall–Kier alpha value is -5.49. The van der Waals surface area contributed by atoms with Gasteiger partial charge in [-0.1, -0.05) is 0 Å².